The van der Waals surface area contributed by atoms with Crippen LogP contribution in [0, 0.1) is 0 Å². The zero-order valence-electron chi connectivity index (χ0n) is 21.7. The summed E-state index contributed by atoms with van der Waals surface area (Å²) in [6, 6.07) is 12.2. The lowest BCUT2D eigenvalue weighted by atomic mass is 9.78. The summed E-state index contributed by atoms with van der Waals surface area (Å²) in [5.74, 6) is 1.77. The van der Waals surface area contributed by atoms with Gasteiger partial charge in [0, 0.05) is 29.7 Å². The number of halogens is 1. The van der Waals surface area contributed by atoms with Gasteiger partial charge >= 0.3 is 0 Å². The number of benzene rings is 2. The van der Waals surface area contributed by atoms with Gasteiger partial charge in [-0.3, -0.25) is 0 Å². The van der Waals surface area contributed by atoms with Crippen molar-refractivity contribution in [3.63, 3.8) is 0 Å². The van der Waals surface area contributed by atoms with Gasteiger partial charge in [0.1, 0.15) is 17.8 Å². The van der Waals surface area contributed by atoms with Gasteiger partial charge in [0.05, 0.1) is 12.3 Å². The Morgan fingerprint density at radius 3 is 2.00 bits per heavy atom. The van der Waals surface area contributed by atoms with Crippen LogP contribution in [0.1, 0.15) is 63.9 Å². The predicted molar refractivity (Wildman–Crippen MR) is 141 cm³/mol. The second-order valence-electron chi connectivity index (χ2n) is 11.0. The minimum Gasteiger partial charge on any atom is -0.507 e. The molecule has 0 amide bonds. The van der Waals surface area contributed by atoms with Crippen molar-refractivity contribution in [2.45, 2.75) is 65.3 Å². The van der Waals surface area contributed by atoms with Gasteiger partial charge in [-0.2, -0.15) is 0 Å². The van der Waals surface area contributed by atoms with Gasteiger partial charge in [0.2, 0.25) is 5.89 Å². The maximum atomic E-state index is 11.0. The lowest BCUT2D eigenvalue weighted by Crippen LogP contribution is -2.17. The third kappa shape index (κ3) is 7.00. The third-order valence-electron chi connectivity index (χ3n) is 5.57. The first-order chi connectivity index (χ1) is 15.3. The molecule has 0 saturated heterocycles. The molecule has 0 atom stereocenters. The van der Waals surface area contributed by atoms with Crippen LogP contribution >= 0.6 is 12.4 Å². The molecule has 1 aromatic heterocycles. The molecule has 0 radical (unpaired) electrons. The number of ether oxygens (including phenoxy) is 1. The highest BCUT2D eigenvalue weighted by molar-refractivity contribution is 5.85. The van der Waals surface area contributed by atoms with E-state index in [-0.39, 0.29) is 23.2 Å². The molecule has 5 nitrogen and oxygen atoms in total. The summed E-state index contributed by atoms with van der Waals surface area (Å²) in [5.41, 5.74) is 4.36. The van der Waals surface area contributed by atoms with Crippen LogP contribution in [0.3, 0.4) is 0 Å². The van der Waals surface area contributed by atoms with E-state index in [1.807, 2.05) is 24.3 Å². The first kappa shape index (κ1) is 27.7. The highest BCUT2D eigenvalue weighted by Gasteiger charge is 2.27. The van der Waals surface area contributed by atoms with Crippen LogP contribution in [0.15, 0.2) is 47.1 Å². The van der Waals surface area contributed by atoms with Crippen LogP contribution in [-0.2, 0) is 23.8 Å². The Morgan fingerprint density at radius 2 is 1.50 bits per heavy atom. The molecule has 3 aromatic rings. The zero-order valence-corrected chi connectivity index (χ0v) is 22.5. The fourth-order valence-electron chi connectivity index (χ4n) is 3.79. The second-order valence-corrected chi connectivity index (χ2v) is 11.0. The van der Waals surface area contributed by atoms with Gasteiger partial charge in [0.15, 0.2) is 0 Å². The minimum absolute atomic E-state index is 0. The van der Waals surface area contributed by atoms with Crippen LogP contribution in [0.4, 0.5) is 0 Å². The molecular weight excluding hydrogens is 448 g/mol. The normalized spacial score (nSPS) is 12.0. The average Bonchev–Trinajstić information content (AvgIpc) is 3.16. The Balaban J connectivity index is 0.00000408. The average molecular weight is 487 g/mol. The van der Waals surface area contributed by atoms with Crippen molar-refractivity contribution in [3.05, 3.63) is 65.0 Å². The summed E-state index contributed by atoms with van der Waals surface area (Å²) >= 11 is 0. The molecule has 186 valence electrons. The van der Waals surface area contributed by atoms with Gasteiger partial charge in [-0.15, -0.1) is 12.4 Å². The number of phenolic OH excluding ortho intramolecular Hbond substituents is 1. The van der Waals surface area contributed by atoms with Gasteiger partial charge in [0.25, 0.3) is 0 Å². The number of rotatable bonds is 7. The number of aromatic nitrogens is 1. The molecular formula is C28H39ClN2O3. The van der Waals surface area contributed by atoms with Crippen molar-refractivity contribution in [2.24, 2.45) is 0 Å². The largest absolute Gasteiger partial charge is 0.507 e. The van der Waals surface area contributed by atoms with E-state index < -0.39 is 0 Å². The lowest BCUT2D eigenvalue weighted by molar-refractivity contribution is 0.320. The Morgan fingerprint density at radius 1 is 0.941 bits per heavy atom. The molecule has 0 aliphatic heterocycles. The summed E-state index contributed by atoms with van der Waals surface area (Å²) in [4.78, 5) is 6.84. The van der Waals surface area contributed by atoms with E-state index in [9.17, 15) is 5.11 Å². The highest BCUT2D eigenvalue weighted by Crippen LogP contribution is 2.41. The van der Waals surface area contributed by atoms with Gasteiger partial charge in [-0.1, -0.05) is 53.7 Å². The van der Waals surface area contributed by atoms with E-state index in [1.165, 1.54) is 5.56 Å². The number of oxazole rings is 1. The molecule has 0 fully saturated rings. The van der Waals surface area contributed by atoms with Crippen molar-refractivity contribution in [2.75, 3.05) is 20.7 Å². The van der Waals surface area contributed by atoms with Crippen molar-refractivity contribution in [1.82, 2.24) is 9.88 Å². The smallest absolute Gasteiger partial charge is 0.226 e. The number of nitrogens with zero attached hydrogens (tertiary/aromatic N) is 2. The Bertz CT molecular complexity index is 1040. The molecule has 0 saturated carbocycles. The van der Waals surface area contributed by atoms with Crippen LogP contribution in [-0.4, -0.2) is 35.7 Å². The van der Waals surface area contributed by atoms with Crippen LogP contribution in [0.5, 0.6) is 11.5 Å². The molecule has 2 aromatic carbocycles. The van der Waals surface area contributed by atoms with E-state index in [4.69, 9.17) is 14.1 Å². The van der Waals surface area contributed by atoms with Gasteiger partial charge in [-0.25, -0.2) is 4.98 Å². The van der Waals surface area contributed by atoms with Gasteiger partial charge in [-0.05, 0) is 54.8 Å². The molecule has 0 spiro atoms. The van der Waals surface area contributed by atoms with Crippen LogP contribution in [0.2, 0.25) is 0 Å². The van der Waals surface area contributed by atoms with Gasteiger partial charge < -0.3 is 19.2 Å². The fraction of sp³-hybridized carbons (Fsp3) is 0.464. The molecule has 1 N–H and O–H groups in total. The maximum Gasteiger partial charge on any atom is 0.226 e. The van der Waals surface area contributed by atoms with Crippen molar-refractivity contribution < 1.29 is 14.3 Å². The van der Waals surface area contributed by atoms with E-state index in [0.29, 0.717) is 24.7 Å². The lowest BCUT2D eigenvalue weighted by Gasteiger charge is -2.27. The number of aromatic hydroxyl groups is 1. The second kappa shape index (κ2) is 10.8. The summed E-state index contributed by atoms with van der Waals surface area (Å²) in [5, 5.41) is 11.0. The molecule has 0 bridgehead atoms. The first-order valence-electron chi connectivity index (χ1n) is 11.5. The maximum absolute atomic E-state index is 11.0. The highest BCUT2D eigenvalue weighted by atomic mass is 35.5. The van der Waals surface area contributed by atoms with E-state index in [1.54, 1.807) is 6.26 Å². The van der Waals surface area contributed by atoms with Crippen molar-refractivity contribution in [3.8, 4) is 23.0 Å². The van der Waals surface area contributed by atoms with E-state index >= 15 is 0 Å². The SMILES string of the molecule is CN(C)Cc1ccc(OCCc2coc(-c3cc(C(C)(C)C)c(O)c(C(C)(C)C)c3)n2)cc1.Cl. The minimum atomic E-state index is -0.203. The first-order valence-corrected chi connectivity index (χ1v) is 11.5. The quantitative estimate of drug-likeness (QED) is 0.400. The molecule has 0 unspecified atom stereocenters. The molecule has 0 aliphatic rings. The summed E-state index contributed by atoms with van der Waals surface area (Å²) in [6.45, 7) is 14.0. The predicted octanol–water partition coefficient (Wildman–Crippen LogP) is 6.75. The van der Waals surface area contributed by atoms with E-state index in [0.717, 1.165) is 34.7 Å². The Kier molecular flexibility index (Phi) is 8.84. The monoisotopic (exact) mass is 486 g/mol. The Hall–Kier alpha value is -2.50. The molecule has 6 heteroatoms. The molecule has 0 aliphatic carbocycles. The molecule has 1 heterocycles. The summed E-state index contributed by atoms with van der Waals surface area (Å²) in [6.07, 6.45) is 2.35. The molecule has 34 heavy (non-hydrogen) atoms. The summed E-state index contributed by atoms with van der Waals surface area (Å²) in [7, 11) is 4.12. The number of phenols is 1. The Labute approximate surface area is 210 Å². The standard InChI is InChI=1S/C28H38N2O3.ClH/c1-27(2,3)23-15-20(16-24(25(23)31)28(4,5)6)26-29-21(18-33-26)13-14-32-22-11-9-19(10-12-22)17-30(7)8;/h9-12,15-16,18,31H,13-14,17H2,1-8H3;1H. The number of hydrogen-bond acceptors (Lipinski definition) is 5. The van der Waals surface area contributed by atoms with Crippen molar-refractivity contribution >= 4 is 12.4 Å². The topological polar surface area (TPSA) is 58.7 Å². The summed E-state index contributed by atoms with van der Waals surface area (Å²) < 4.78 is 11.7. The fourth-order valence-corrected chi connectivity index (χ4v) is 3.79. The van der Waals surface area contributed by atoms with Crippen molar-refractivity contribution in [1.29, 1.82) is 0 Å². The number of hydrogen-bond donors (Lipinski definition) is 1. The molecule has 3 rings (SSSR count). The third-order valence-corrected chi connectivity index (χ3v) is 5.57. The van der Waals surface area contributed by atoms with E-state index in [2.05, 4.69) is 72.7 Å². The van der Waals surface area contributed by atoms with Crippen LogP contribution < -0.4 is 4.74 Å². The van der Waals surface area contributed by atoms with Crippen LogP contribution in [0.25, 0.3) is 11.5 Å². The zero-order chi connectivity index (χ0) is 24.4.